The van der Waals surface area contributed by atoms with E-state index in [1.54, 1.807) is 14.2 Å². The molecule has 0 aromatic heterocycles. The molecule has 5 rings (SSSR count). The van der Waals surface area contributed by atoms with Crippen molar-refractivity contribution >= 4 is 11.4 Å². The minimum Gasteiger partial charge on any atom is -0.493 e. The number of oxime groups is 1. The fourth-order valence-corrected chi connectivity index (χ4v) is 5.20. The van der Waals surface area contributed by atoms with Gasteiger partial charge in [-0.25, -0.2) is 0 Å². The van der Waals surface area contributed by atoms with Crippen LogP contribution in [0.15, 0.2) is 76.9 Å². The van der Waals surface area contributed by atoms with Crippen molar-refractivity contribution in [2.45, 2.75) is 51.2 Å². The number of rotatable bonds is 7. The summed E-state index contributed by atoms with van der Waals surface area (Å²) in [6.07, 6.45) is 4.78. The van der Waals surface area contributed by atoms with E-state index in [0.29, 0.717) is 18.6 Å². The van der Waals surface area contributed by atoms with Crippen molar-refractivity contribution in [2.75, 3.05) is 14.2 Å². The van der Waals surface area contributed by atoms with E-state index in [1.165, 1.54) is 24.8 Å². The highest BCUT2D eigenvalue weighted by atomic mass is 16.6. The zero-order chi connectivity index (χ0) is 24.2. The summed E-state index contributed by atoms with van der Waals surface area (Å²) in [5, 5.41) is 4.32. The minimum absolute atomic E-state index is 0.318. The zero-order valence-corrected chi connectivity index (χ0v) is 20.7. The first-order chi connectivity index (χ1) is 17.2. The number of methoxy groups -OCH3 is 2. The Labute approximate surface area is 207 Å². The molecule has 1 fully saturated rings. The van der Waals surface area contributed by atoms with Crippen molar-refractivity contribution in [1.82, 2.24) is 0 Å². The smallest absolute Gasteiger partial charge is 0.161 e. The van der Waals surface area contributed by atoms with E-state index < -0.39 is 0 Å². The van der Waals surface area contributed by atoms with Crippen LogP contribution in [0, 0.1) is 0 Å². The lowest BCUT2D eigenvalue weighted by molar-refractivity contribution is 0.130. The Hall–Kier alpha value is -3.60. The standard InChI is InChI=1S/C30H32N2O3/c1-20(32-35-19-21-9-5-4-6-10-21)22-13-15-23(16-14-22)30-26-18-29(34-3)28(33-2)17-25(26)24-11-7-8-12-27(24)31-30/h4-6,9-10,13-18,24,27H,7-8,11-12,19H2,1-3H3/t24-,27-/m1/s1. The van der Waals surface area contributed by atoms with E-state index in [2.05, 4.69) is 41.6 Å². The van der Waals surface area contributed by atoms with Crippen molar-refractivity contribution in [3.63, 3.8) is 0 Å². The van der Waals surface area contributed by atoms with E-state index in [1.807, 2.05) is 37.3 Å². The Kier molecular flexibility index (Phi) is 6.84. The molecular formula is C30H32N2O3. The summed E-state index contributed by atoms with van der Waals surface area (Å²) in [6.45, 7) is 2.43. The summed E-state index contributed by atoms with van der Waals surface area (Å²) < 4.78 is 11.3. The predicted octanol–water partition coefficient (Wildman–Crippen LogP) is 6.52. The van der Waals surface area contributed by atoms with Gasteiger partial charge in [0.25, 0.3) is 0 Å². The van der Waals surface area contributed by atoms with Gasteiger partial charge in [-0.05, 0) is 48.6 Å². The van der Waals surface area contributed by atoms with Crippen molar-refractivity contribution in [1.29, 1.82) is 0 Å². The van der Waals surface area contributed by atoms with Gasteiger partial charge in [-0.1, -0.05) is 72.6 Å². The second kappa shape index (κ2) is 10.3. The van der Waals surface area contributed by atoms with Crippen LogP contribution >= 0.6 is 0 Å². The van der Waals surface area contributed by atoms with Gasteiger partial charge >= 0.3 is 0 Å². The molecule has 0 spiro atoms. The van der Waals surface area contributed by atoms with Gasteiger partial charge in [0.2, 0.25) is 0 Å². The Bertz CT molecular complexity index is 1230. The fraction of sp³-hybridized carbons (Fsp3) is 0.333. The van der Waals surface area contributed by atoms with E-state index in [0.717, 1.165) is 51.6 Å². The molecule has 180 valence electrons. The second-order valence-corrected chi connectivity index (χ2v) is 9.24. The van der Waals surface area contributed by atoms with Gasteiger partial charge in [0.1, 0.15) is 6.61 Å². The number of fused-ring (bicyclic) bond motifs is 3. The van der Waals surface area contributed by atoms with E-state index in [-0.39, 0.29) is 0 Å². The molecule has 3 aromatic carbocycles. The molecule has 0 bridgehead atoms. The number of hydrogen-bond donors (Lipinski definition) is 0. The number of ether oxygens (including phenoxy) is 2. The lowest BCUT2D eigenvalue weighted by atomic mass is 9.75. The Morgan fingerprint density at radius 2 is 1.63 bits per heavy atom. The van der Waals surface area contributed by atoms with Crippen LogP contribution in [-0.4, -0.2) is 31.7 Å². The highest BCUT2D eigenvalue weighted by Gasteiger charge is 2.34. The van der Waals surface area contributed by atoms with Crippen LogP contribution in [0.2, 0.25) is 0 Å². The zero-order valence-electron chi connectivity index (χ0n) is 20.7. The van der Waals surface area contributed by atoms with Gasteiger partial charge in [-0.2, -0.15) is 0 Å². The summed E-state index contributed by atoms with van der Waals surface area (Å²) in [4.78, 5) is 10.8. The SMILES string of the molecule is COc1cc2c(cc1OC)[C@H]1CCCC[C@H]1N=C2c1ccc(C(C)=NOCc2ccccc2)cc1. The first-order valence-electron chi connectivity index (χ1n) is 12.3. The highest BCUT2D eigenvalue weighted by Crippen LogP contribution is 2.44. The molecule has 1 heterocycles. The number of hydrogen-bond acceptors (Lipinski definition) is 5. The van der Waals surface area contributed by atoms with E-state index >= 15 is 0 Å². The quantitative estimate of drug-likeness (QED) is 0.293. The van der Waals surface area contributed by atoms with Crippen molar-refractivity contribution in [3.8, 4) is 11.5 Å². The van der Waals surface area contributed by atoms with Crippen LogP contribution in [0.3, 0.4) is 0 Å². The minimum atomic E-state index is 0.318. The number of aliphatic imine (C=N–C) groups is 1. The summed E-state index contributed by atoms with van der Waals surface area (Å²) in [5.41, 5.74) is 7.58. The number of benzene rings is 3. The Morgan fingerprint density at radius 3 is 2.37 bits per heavy atom. The van der Waals surface area contributed by atoms with Crippen molar-refractivity contribution in [3.05, 3.63) is 94.5 Å². The maximum atomic E-state index is 5.64. The molecule has 0 radical (unpaired) electrons. The first-order valence-corrected chi connectivity index (χ1v) is 12.3. The number of nitrogens with zero attached hydrogens (tertiary/aromatic N) is 2. The monoisotopic (exact) mass is 468 g/mol. The Morgan fingerprint density at radius 1 is 0.914 bits per heavy atom. The third kappa shape index (κ3) is 4.81. The molecular weight excluding hydrogens is 436 g/mol. The van der Waals surface area contributed by atoms with Crippen LogP contribution in [-0.2, 0) is 11.4 Å². The molecule has 1 aliphatic heterocycles. The maximum Gasteiger partial charge on any atom is 0.161 e. The highest BCUT2D eigenvalue weighted by molar-refractivity contribution is 6.15. The van der Waals surface area contributed by atoms with Crippen LogP contribution < -0.4 is 9.47 Å². The summed E-state index contributed by atoms with van der Waals surface area (Å²) in [5.74, 6) is 1.97. The molecule has 0 unspecified atom stereocenters. The predicted molar refractivity (Wildman–Crippen MR) is 140 cm³/mol. The topological polar surface area (TPSA) is 52.4 Å². The second-order valence-electron chi connectivity index (χ2n) is 9.24. The summed E-state index contributed by atoms with van der Waals surface area (Å²) in [7, 11) is 3.39. The fourth-order valence-electron chi connectivity index (χ4n) is 5.20. The van der Waals surface area contributed by atoms with Crippen LogP contribution in [0.5, 0.6) is 11.5 Å². The summed E-state index contributed by atoms with van der Waals surface area (Å²) in [6, 6.07) is 23.1. The molecule has 1 saturated carbocycles. The van der Waals surface area contributed by atoms with Gasteiger partial charge in [-0.15, -0.1) is 0 Å². The third-order valence-corrected chi connectivity index (χ3v) is 7.09. The molecule has 5 heteroatoms. The van der Waals surface area contributed by atoms with Gasteiger partial charge in [0.15, 0.2) is 11.5 Å². The molecule has 1 aliphatic carbocycles. The molecule has 2 atom stereocenters. The Balaban J connectivity index is 1.42. The van der Waals surface area contributed by atoms with Crippen LogP contribution in [0.4, 0.5) is 0 Å². The van der Waals surface area contributed by atoms with Gasteiger partial charge in [0.05, 0.1) is 31.7 Å². The van der Waals surface area contributed by atoms with E-state index in [4.69, 9.17) is 19.3 Å². The average molecular weight is 469 g/mol. The average Bonchev–Trinajstić information content (AvgIpc) is 2.92. The largest absolute Gasteiger partial charge is 0.493 e. The third-order valence-electron chi connectivity index (χ3n) is 7.09. The van der Waals surface area contributed by atoms with Crippen molar-refractivity contribution < 1.29 is 14.3 Å². The molecule has 0 saturated heterocycles. The maximum absolute atomic E-state index is 5.64. The van der Waals surface area contributed by atoms with Crippen LogP contribution in [0.1, 0.15) is 66.3 Å². The van der Waals surface area contributed by atoms with Gasteiger partial charge in [-0.3, -0.25) is 4.99 Å². The lowest BCUT2D eigenvalue weighted by Crippen LogP contribution is -2.29. The summed E-state index contributed by atoms with van der Waals surface area (Å²) >= 11 is 0. The lowest BCUT2D eigenvalue weighted by Gasteiger charge is -2.35. The molecule has 3 aromatic rings. The molecule has 0 N–H and O–H groups in total. The molecule has 35 heavy (non-hydrogen) atoms. The van der Waals surface area contributed by atoms with Gasteiger partial charge < -0.3 is 14.3 Å². The molecule has 0 amide bonds. The van der Waals surface area contributed by atoms with Crippen molar-refractivity contribution in [2.24, 2.45) is 10.1 Å². The normalized spacial score (nSPS) is 19.3. The van der Waals surface area contributed by atoms with Crippen LogP contribution in [0.25, 0.3) is 0 Å². The molecule has 2 aliphatic rings. The van der Waals surface area contributed by atoms with Gasteiger partial charge in [0, 0.05) is 17.0 Å². The molecule has 5 nitrogen and oxygen atoms in total. The van der Waals surface area contributed by atoms with E-state index in [9.17, 15) is 0 Å². The first kappa shape index (κ1) is 23.2.